The number of alkyl halides is 6. The van der Waals surface area contributed by atoms with Gasteiger partial charge in [0.05, 0.1) is 10.5 Å². The average molecular weight is 398 g/mol. The number of hydrogen-bond donors (Lipinski definition) is 1. The van der Waals surface area contributed by atoms with Crippen molar-refractivity contribution in [3.05, 3.63) is 54.1 Å². The van der Waals surface area contributed by atoms with Crippen molar-refractivity contribution in [3.63, 3.8) is 0 Å². The van der Waals surface area contributed by atoms with E-state index in [9.17, 15) is 30.6 Å². The largest absolute Gasteiger partial charge is 0.416 e. The minimum Gasteiger partial charge on any atom is -0.243 e. The highest BCUT2D eigenvalue weighted by Gasteiger charge is 2.47. The maximum Gasteiger partial charge on any atom is 0.416 e. The molecule has 0 saturated carbocycles. The highest BCUT2D eigenvalue weighted by atomic mass is 32.2. The molecule has 2 rings (SSSR count). The number of aromatic nitrogens is 2. The van der Waals surface area contributed by atoms with Crippen molar-refractivity contribution in [1.82, 2.24) is 14.3 Å². The lowest BCUT2D eigenvalue weighted by Crippen LogP contribution is -2.39. The zero-order valence-corrected chi connectivity index (χ0v) is 13.9. The number of rotatable bonds is 4. The second-order valence-corrected chi connectivity index (χ2v) is 7.31. The summed E-state index contributed by atoms with van der Waals surface area (Å²) in [4.78, 5) is 6.69. The molecule has 1 heterocycles. The Labute approximate surface area is 144 Å². The number of benzene rings is 1. The highest BCUT2D eigenvalue weighted by Crippen LogP contribution is 2.40. The fraction of sp³-hybridized carbons (Fsp3) is 0.286. The molecule has 0 saturated heterocycles. The first-order valence-corrected chi connectivity index (χ1v) is 8.37. The van der Waals surface area contributed by atoms with Gasteiger partial charge in [-0.3, -0.25) is 0 Å². The molecule has 142 valence electrons. The third-order valence-corrected chi connectivity index (χ3v) is 5.36. The van der Waals surface area contributed by atoms with E-state index in [-0.39, 0.29) is 9.20 Å². The lowest BCUT2D eigenvalue weighted by Gasteiger charge is -2.31. The molecular weight excluding hydrogens is 386 g/mol. The lowest BCUT2D eigenvalue weighted by molar-refractivity contribution is -0.170. The van der Waals surface area contributed by atoms with E-state index in [1.165, 1.54) is 0 Å². The lowest BCUT2D eigenvalue weighted by atomic mass is 10.0. The Balaban J connectivity index is 2.49. The molecule has 0 bridgehead atoms. The van der Waals surface area contributed by atoms with Gasteiger partial charge < -0.3 is 0 Å². The van der Waals surface area contributed by atoms with Crippen molar-refractivity contribution in [1.29, 1.82) is 4.78 Å². The van der Waals surface area contributed by atoms with Crippen LogP contribution in [0.4, 0.5) is 26.3 Å². The van der Waals surface area contributed by atoms with Crippen LogP contribution in [0.25, 0.3) is 0 Å². The smallest absolute Gasteiger partial charge is 0.243 e. The predicted molar refractivity (Wildman–Crippen MR) is 79.2 cm³/mol. The van der Waals surface area contributed by atoms with Gasteiger partial charge >= 0.3 is 12.4 Å². The second-order valence-electron chi connectivity index (χ2n) is 5.21. The van der Waals surface area contributed by atoms with E-state index in [2.05, 4.69) is 9.97 Å². The Morgan fingerprint density at radius 1 is 1.04 bits per heavy atom. The topological polar surface area (TPSA) is 69.9 Å². The quantitative estimate of drug-likeness (QED) is 0.790. The summed E-state index contributed by atoms with van der Waals surface area (Å²) in [5, 5.41) is 0. The van der Waals surface area contributed by atoms with E-state index in [1.807, 2.05) is 0 Å². The summed E-state index contributed by atoms with van der Waals surface area (Å²) < 4.78 is 99.1. The number of nitrogens with zero attached hydrogens (tertiary/aromatic N) is 3. The van der Waals surface area contributed by atoms with Crippen LogP contribution in [0.1, 0.15) is 17.2 Å². The van der Waals surface area contributed by atoms with Crippen LogP contribution in [-0.2, 0) is 16.1 Å². The Bertz CT molecular complexity index is 850. The molecule has 26 heavy (non-hydrogen) atoms. The van der Waals surface area contributed by atoms with Crippen molar-refractivity contribution in [2.45, 2.75) is 23.3 Å². The Kier molecular flexibility index (Phi) is 5.29. The molecule has 0 fully saturated rings. The fourth-order valence-electron chi connectivity index (χ4n) is 2.20. The van der Waals surface area contributed by atoms with Crippen molar-refractivity contribution in [2.75, 3.05) is 7.05 Å². The molecule has 0 radical (unpaired) electrons. The molecular formula is C14H12F6N4OS. The van der Waals surface area contributed by atoms with E-state index in [0.717, 1.165) is 25.8 Å². The fourth-order valence-corrected chi connectivity index (χ4v) is 3.48. The van der Waals surface area contributed by atoms with E-state index in [1.54, 1.807) is 0 Å². The summed E-state index contributed by atoms with van der Waals surface area (Å²) in [5.74, 6) is 0. The van der Waals surface area contributed by atoms with Crippen molar-refractivity contribution < 1.29 is 30.6 Å². The van der Waals surface area contributed by atoms with Crippen LogP contribution in [0.3, 0.4) is 0 Å². The van der Waals surface area contributed by atoms with Gasteiger partial charge in [-0.15, -0.1) is 0 Å². The van der Waals surface area contributed by atoms with Crippen LogP contribution in [-0.4, -0.2) is 31.7 Å². The second kappa shape index (κ2) is 6.83. The maximum absolute atomic E-state index is 13.5. The van der Waals surface area contributed by atoms with Crippen molar-refractivity contribution >= 4 is 9.92 Å². The SMILES string of the molecule is CN([C@H](c1ccc(C(F)(F)F)cc1)C(F)(F)F)[S@@](=N)(=O)c1cncnc1. The van der Waals surface area contributed by atoms with Gasteiger partial charge in [0.2, 0.25) is 0 Å². The molecule has 5 nitrogen and oxygen atoms in total. The molecule has 0 aliphatic heterocycles. The number of hydrogen-bond acceptors (Lipinski definition) is 4. The summed E-state index contributed by atoms with van der Waals surface area (Å²) in [6.07, 6.45) is -6.76. The van der Waals surface area contributed by atoms with Crippen LogP contribution < -0.4 is 0 Å². The van der Waals surface area contributed by atoms with Crippen molar-refractivity contribution in [3.8, 4) is 0 Å². The molecule has 2 atom stereocenters. The molecule has 12 heteroatoms. The van der Waals surface area contributed by atoms with Crippen LogP contribution in [0, 0.1) is 4.78 Å². The highest BCUT2D eigenvalue weighted by molar-refractivity contribution is 7.90. The minimum atomic E-state index is -4.99. The average Bonchev–Trinajstić information content (AvgIpc) is 2.54. The first-order chi connectivity index (χ1) is 11.8. The summed E-state index contributed by atoms with van der Waals surface area (Å²) in [7, 11) is -3.34. The zero-order chi connectivity index (χ0) is 19.8. The van der Waals surface area contributed by atoms with Crippen LogP contribution in [0.15, 0.2) is 47.9 Å². The summed E-state index contributed by atoms with van der Waals surface area (Å²) in [6, 6.07) is -0.267. The number of nitrogens with one attached hydrogen (secondary N) is 1. The Morgan fingerprint density at radius 3 is 1.96 bits per heavy atom. The van der Waals surface area contributed by atoms with E-state index in [4.69, 9.17) is 4.78 Å². The Hall–Kier alpha value is -2.21. The summed E-state index contributed by atoms with van der Waals surface area (Å²) in [6.45, 7) is 0. The minimum absolute atomic E-state index is 0.244. The Morgan fingerprint density at radius 2 is 1.54 bits per heavy atom. The molecule has 0 amide bonds. The zero-order valence-electron chi connectivity index (χ0n) is 13.0. The normalized spacial score (nSPS) is 16.3. The van der Waals surface area contributed by atoms with Gasteiger partial charge in [0.1, 0.15) is 22.3 Å². The summed E-state index contributed by atoms with van der Waals surface area (Å²) >= 11 is 0. The predicted octanol–water partition coefficient (Wildman–Crippen LogP) is 4.05. The van der Waals surface area contributed by atoms with E-state index < -0.39 is 39.4 Å². The molecule has 2 aromatic rings. The molecule has 0 spiro atoms. The molecule has 1 N–H and O–H groups in total. The first kappa shape index (κ1) is 20.1. The third kappa shape index (κ3) is 4.12. The van der Waals surface area contributed by atoms with Gasteiger partial charge in [0.25, 0.3) is 0 Å². The molecule has 0 aliphatic rings. The maximum atomic E-state index is 13.5. The van der Waals surface area contributed by atoms with E-state index >= 15 is 0 Å². The standard InChI is InChI=1S/C14H12F6N4OS/c1-24(26(21,25)11-6-22-8-23-7-11)12(14(18,19)20)9-2-4-10(5-3-9)13(15,16)17/h2-8,12,21H,1H3/t12-,26-/m1/s1. The van der Waals surface area contributed by atoms with Gasteiger partial charge in [0, 0.05) is 19.4 Å². The van der Waals surface area contributed by atoms with Crippen LogP contribution >= 0.6 is 0 Å². The first-order valence-electron chi connectivity index (χ1n) is 6.86. The summed E-state index contributed by atoms with van der Waals surface area (Å²) in [5.41, 5.74) is -1.70. The molecule has 0 aliphatic carbocycles. The van der Waals surface area contributed by atoms with Gasteiger partial charge in [-0.25, -0.2) is 23.3 Å². The van der Waals surface area contributed by atoms with Gasteiger partial charge in [0.15, 0.2) is 0 Å². The van der Waals surface area contributed by atoms with Gasteiger partial charge in [-0.2, -0.15) is 26.3 Å². The van der Waals surface area contributed by atoms with Crippen LogP contribution in [0.5, 0.6) is 0 Å². The van der Waals surface area contributed by atoms with Crippen molar-refractivity contribution in [2.24, 2.45) is 0 Å². The molecule has 0 unspecified atom stereocenters. The molecule has 1 aromatic carbocycles. The number of halogens is 6. The third-order valence-electron chi connectivity index (χ3n) is 3.49. The van der Waals surface area contributed by atoms with Gasteiger partial charge in [-0.1, -0.05) is 12.1 Å². The monoisotopic (exact) mass is 398 g/mol. The molecule has 1 aromatic heterocycles. The van der Waals surface area contributed by atoms with E-state index in [0.29, 0.717) is 24.3 Å². The van der Waals surface area contributed by atoms with Gasteiger partial charge in [-0.05, 0) is 17.7 Å². The van der Waals surface area contributed by atoms with Crippen LogP contribution in [0.2, 0.25) is 0 Å².